The Bertz CT molecular complexity index is 993. The van der Waals surface area contributed by atoms with Crippen molar-refractivity contribution in [1.29, 1.82) is 0 Å². The van der Waals surface area contributed by atoms with Gasteiger partial charge >= 0.3 is 6.09 Å². The molecule has 34 heavy (non-hydrogen) atoms. The highest BCUT2D eigenvalue weighted by Crippen LogP contribution is 2.24. The van der Waals surface area contributed by atoms with Gasteiger partial charge in [-0.05, 0) is 20.8 Å². The van der Waals surface area contributed by atoms with Gasteiger partial charge in [-0.15, -0.1) is 0 Å². The van der Waals surface area contributed by atoms with Crippen LogP contribution in [0.1, 0.15) is 27.2 Å². The minimum absolute atomic E-state index is 0.0643. The van der Waals surface area contributed by atoms with Crippen molar-refractivity contribution in [2.75, 3.05) is 25.5 Å². The van der Waals surface area contributed by atoms with Gasteiger partial charge in [0.15, 0.2) is 17.7 Å². The molecule has 1 aliphatic rings. The molecule has 3 rings (SSSR count). The Labute approximate surface area is 195 Å². The maximum atomic E-state index is 12.5. The number of carbonyl (C=O) groups excluding carboxylic acids is 2. The number of aliphatic hydroxyl groups is 3. The predicted molar refractivity (Wildman–Crippen MR) is 118 cm³/mol. The fourth-order valence-electron chi connectivity index (χ4n) is 3.39. The Kier molecular flexibility index (Phi) is 7.86. The van der Waals surface area contributed by atoms with Crippen molar-refractivity contribution in [3.05, 3.63) is 12.7 Å². The lowest BCUT2D eigenvalue weighted by atomic mass is 9.95. The summed E-state index contributed by atoms with van der Waals surface area (Å²) in [4.78, 5) is 40.7. The second kappa shape index (κ2) is 10.5. The van der Waals surface area contributed by atoms with Gasteiger partial charge in [0.2, 0.25) is 5.91 Å². The van der Waals surface area contributed by atoms with Crippen LogP contribution in [0.15, 0.2) is 12.7 Å². The van der Waals surface area contributed by atoms with Gasteiger partial charge in [0.05, 0.1) is 19.0 Å². The highest BCUT2D eigenvalue weighted by atomic mass is 16.6. The Balaban J connectivity index is 1.59. The summed E-state index contributed by atoms with van der Waals surface area (Å²) in [5.74, 6) is -0.224. The van der Waals surface area contributed by atoms with Gasteiger partial charge in [-0.1, -0.05) is 0 Å². The molecule has 0 saturated carbocycles. The van der Waals surface area contributed by atoms with E-state index >= 15 is 0 Å². The zero-order chi connectivity index (χ0) is 25.0. The fraction of sp³-hybridized carbons (Fsp3) is 0.650. The Hall–Kier alpha value is -3.07. The summed E-state index contributed by atoms with van der Waals surface area (Å²) >= 11 is 0. The van der Waals surface area contributed by atoms with Crippen molar-refractivity contribution in [2.24, 2.45) is 0 Å². The second-order valence-electron chi connectivity index (χ2n) is 8.97. The quantitative estimate of drug-likeness (QED) is 0.282. The smallest absolute Gasteiger partial charge is 0.410 e. The summed E-state index contributed by atoms with van der Waals surface area (Å²) in [5, 5.41) is 36.5. The van der Waals surface area contributed by atoms with Gasteiger partial charge in [-0.3, -0.25) is 4.79 Å². The number of imidazole rings is 1. The molecular weight excluding hydrogens is 450 g/mol. The molecule has 0 aliphatic carbocycles. The van der Waals surface area contributed by atoms with Crippen molar-refractivity contribution < 1.29 is 34.4 Å². The number of aliphatic hydroxyl groups excluding tert-OH is 3. The molecule has 1 fully saturated rings. The number of fused-ring (bicyclic) bond motifs is 1. The number of nitrogens with one attached hydrogen (secondary N) is 3. The fourth-order valence-corrected chi connectivity index (χ4v) is 3.39. The molecular formula is C20H31N7O7. The number of amides is 2. The first-order valence-corrected chi connectivity index (χ1v) is 10.8. The maximum Gasteiger partial charge on any atom is 0.410 e. The van der Waals surface area contributed by atoms with E-state index < -0.39 is 54.8 Å². The standard InChI is InChI=1S/C20H31N7O7/c1-20(2,3)34-19(32)27(4)6-5-11(29)25-12-10(7-28)33-18(15(31)14(12)30)26-17-13-16(22-8-21-13)23-9-24-17/h8-10,12,14-15,18,28,30-31H,5-7H2,1-4H3,(H,25,29)(H2,21,22,23,24,26)/t10-,12-,14+,15-,18-/m0/s1. The minimum Gasteiger partial charge on any atom is -0.444 e. The zero-order valence-electron chi connectivity index (χ0n) is 19.4. The van der Waals surface area contributed by atoms with Crippen LogP contribution in [0.25, 0.3) is 11.2 Å². The maximum absolute atomic E-state index is 12.5. The van der Waals surface area contributed by atoms with E-state index in [2.05, 4.69) is 30.6 Å². The molecule has 0 bridgehead atoms. The summed E-state index contributed by atoms with van der Waals surface area (Å²) in [6, 6.07) is -1.09. The van der Waals surface area contributed by atoms with E-state index in [-0.39, 0.29) is 18.8 Å². The monoisotopic (exact) mass is 481 g/mol. The number of aromatic amines is 1. The lowest BCUT2D eigenvalue weighted by molar-refractivity contribution is -0.185. The summed E-state index contributed by atoms with van der Waals surface area (Å²) in [7, 11) is 1.50. The van der Waals surface area contributed by atoms with Crippen LogP contribution in [0.5, 0.6) is 0 Å². The largest absolute Gasteiger partial charge is 0.444 e. The van der Waals surface area contributed by atoms with Gasteiger partial charge in [0.1, 0.15) is 35.8 Å². The van der Waals surface area contributed by atoms with Gasteiger partial charge < -0.3 is 45.3 Å². The van der Waals surface area contributed by atoms with Crippen LogP contribution < -0.4 is 10.6 Å². The number of H-pyrrole nitrogens is 1. The molecule has 0 radical (unpaired) electrons. The van der Waals surface area contributed by atoms with E-state index in [0.717, 1.165) is 0 Å². The van der Waals surface area contributed by atoms with Crippen LogP contribution in [0.3, 0.4) is 0 Å². The highest BCUT2D eigenvalue weighted by molar-refractivity contribution is 5.82. The third kappa shape index (κ3) is 6.08. The molecule has 2 aromatic rings. The third-order valence-electron chi connectivity index (χ3n) is 5.14. The van der Waals surface area contributed by atoms with Crippen molar-refractivity contribution in [2.45, 2.75) is 63.4 Å². The number of nitrogens with zero attached hydrogens (tertiary/aromatic N) is 4. The van der Waals surface area contributed by atoms with Crippen LogP contribution in [0, 0.1) is 0 Å². The average Bonchev–Trinajstić information content (AvgIpc) is 3.25. The summed E-state index contributed by atoms with van der Waals surface area (Å²) in [6.07, 6.45) is -3.05. The van der Waals surface area contributed by atoms with E-state index in [9.17, 15) is 24.9 Å². The van der Waals surface area contributed by atoms with Crippen LogP contribution in [-0.4, -0.2) is 109 Å². The second-order valence-corrected chi connectivity index (χ2v) is 8.97. The lowest BCUT2D eigenvalue weighted by Gasteiger charge is -2.42. The Morgan fingerprint density at radius 3 is 2.65 bits per heavy atom. The van der Waals surface area contributed by atoms with Crippen LogP contribution in [0.2, 0.25) is 0 Å². The molecule has 1 saturated heterocycles. The molecule has 6 N–H and O–H groups in total. The first kappa shape index (κ1) is 25.6. The van der Waals surface area contributed by atoms with Crippen molar-refractivity contribution in [3.8, 4) is 0 Å². The number of anilines is 1. The Morgan fingerprint density at radius 2 is 1.97 bits per heavy atom. The number of hydrogen-bond donors (Lipinski definition) is 6. The van der Waals surface area contributed by atoms with E-state index in [1.165, 1.54) is 24.6 Å². The molecule has 0 unspecified atom stereocenters. The molecule has 2 aromatic heterocycles. The normalized spacial score (nSPS) is 25.1. The van der Waals surface area contributed by atoms with Gasteiger partial charge in [-0.25, -0.2) is 19.7 Å². The molecule has 0 aromatic carbocycles. The average molecular weight is 482 g/mol. The zero-order valence-corrected chi connectivity index (χ0v) is 19.4. The number of carbonyl (C=O) groups is 2. The molecule has 5 atom stereocenters. The molecule has 14 heteroatoms. The molecule has 3 heterocycles. The SMILES string of the molecule is CN(CCC(=O)N[C@@H]1[C@@H](O)[C@H](O)[C@@H](Nc2ncnc3nc[nH]c23)O[C@H]1CO)C(=O)OC(C)(C)C. The topological polar surface area (TPSA) is 195 Å². The van der Waals surface area contributed by atoms with Gasteiger partial charge in [0.25, 0.3) is 0 Å². The van der Waals surface area contributed by atoms with E-state index in [4.69, 9.17) is 9.47 Å². The number of rotatable bonds is 7. The van der Waals surface area contributed by atoms with Crippen molar-refractivity contribution in [1.82, 2.24) is 30.2 Å². The van der Waals surface area contributed by atoms with E-state index in [1.54, 1.807) is 20.8 Å². The summed E-state index contributed by atoms with van der Waals surface area (Å²) < 4.78 is 11.0. The highest BCUT2D eigenvalue weighted by Gasteiger charge is 2.45. The van der Waals surface area contributed by atoms with E-state index in [1.807, 2.05) is 0 Å². The van der Waals surface area contributed by atoms with Crippen LogP contribution >= 0.6 is 0 Å². The Morgan fingerprint density at radius 1 is 1.24 bits per heavy atom. The van der Waals surface area contributed by atoms with E-state index in [0.29, 0.717) is 11.2 Å². The summed E-state index contributed by atoms with van der Waals surface area (Å²) in [6.45, 7) is 4.74. The number of aromatic nitrogens is 4. The number of ether oxygens (including phenoxy) is 2. The van der Waals surface area contributed by atoms with Gasteiger partial charge in [0, 0.05) is 20.0 Å². The van der Waals surface area contributed by atoms with Crippen molar-refractivity contribution in [3.63, 3.8) is 0 Å². The molecule has 1 aliphatic heterocycles. The minimum atomic E-state index is -1.47. The lowest BCUT2D eigenvalue weighted by Crippen LogP contribution is -2.65. The summed E-state index contributed by atoms with van der Waals surface area (Å²) in [5.41, 5.74) is 0.197. The molecule has 188 valence electrons. The van der Waals surface area contributed by atoms with Gasteiger partial charge in [-0.2, -0.15) is 0 Å². The first-order valence-electron chi connectivity index (χ1n) is 10.8. The van der Waals surface area contributed by atoms with Crippen LogP contribution in [0.4, 0.5) is 10.6 Å². The molecule has 0 spiro atoms. The first-order chi connectivity index (χ1) is 16.0. The molecule has 2 amide bonds. The molecule has 14 nitrogen and oxygen atoms in total. The third-order valence-corrected chi connectivity index (χ3v) is 5.14. The number of hydrogen-bond acceptors (Lipinski definition) is 11. The van der Waals surface area contributed by atoms with Crippen molar-refractivity contribution >= 4 is 29.0 Å². The van der Waals surface area contributed by atoms with Crippen LogP contribution in [-0.2, 0) is 14.3 Å². The predicted octanol–water partition coefficient (Wildman–Crippen LogP) is -1.05.